The number of ether oxygens (including phenoxy) is 2. The number of carbonyl (C=O) groups is 4. The molecule has 1 aromatic rings. The highest BCUT2D eigenvalue weighted by atomic mass is 16.6. The number of hydrogen-bond donors (Lipinski definition) is 0. The zero-order valence-corrected chi connectivity index (χ0v) is 15.7. The Balaban J connectivity index is 1.86. The molecule has 1 fully saturated rings. The number of fused-ring (bicyclic) bond motifs is 1. The number of esters is 1. The van der Waals surface area contributed by atoms with Gasteiger partial charge in [0, 0.05) is 13.0 Å². The Hall–Kier alpha value is -2.90. The lowest BCUT2D eigenvalue weighted by Crippen LogP contribution is -2.45. The maximum atomic E-state index is 12.7. The minimum Gasteiger partial charge on any atom is -0.467 e. The summed E-state index contributed by atoms with van der Waals surface area (Å²) in [6.07, 6.45) is -0.575. The zero-order valence-electron chi connectivity index (χ0n) is 15.7. The average molecular weight is 374 g/mol. The Kier molecular flexibility index (Phi) is 4.67. The number of imide groups is 1. The number of rotatable bonds is 2. The van der Waals surface area contributed by atoms with Gasteiger partial charge in [0.15, 0.2) is 0 Å². The Morgan fingerprint density at radius 2 is 1.63 bits per heavy atom. The van der Waals surface area contributed by atoms with Crippen molar-refractivity contribution in [3.8, 4) is 0 Å². The fourth-order valence-electron chi connectivity index (χ4n) is 3.42. The molecule has 1 saturated heterocycles. The van der Waals surface area contributed by atoms with E-state index in [2.05, 4.69) is 0 Å². The van der Waals surface area contributed by atoms with Crippen LogP contribution in [0.25, 0.3) is 0 Å². The molecule has 3 amide bonds. The summed E-state index contributed by atoms with van der Waals surface area (Å²) < 4.78 is 10.2. The first-order valence-electron chi connectivity index (χ1n) is 8.68. The average Bonchev–Trinajstić information content (AvgIpc) is 3.14. The van der Waals surface area contributed by atoms with Crippen LogP contribution in [0.3, 0.4) is 0 Å². The molecule has 2 aliphatic heterocycles. The summed E-state index contributed by atoms with van der Waals surface area (Å²) in [7, 11) is 1.23. The number of methoxy groups -OCH3 is 1. The van der Waals surface area contributed by atoms with Gasteiger partial charge in [-0.15, -0.1) is 0 Å². The number of amides is 3. The van der Waals surface area contributed by atoms with Crippen LogP contribution >= 0.6 is 0 Å². The molecule has 8 heteroatoms. The summed E-state index contributed by atoms with van der Waals surface area (Å²) in [5, 5.41) is 0. The number of hydrogen-bond acceptors (Lipinski definition) is 6. The van der Waals surface area contributed by atoms with Crippen molar-refractivity contribution in [1.82, 2.24) is 9.80 Å². The van der Waals surface area contributed by atoms with Crippen LogP contribution in [0, 0.1) is 0 Å². The summed E-state index contributed by atoms with van der Waals surface area (Å²) in [6, 6.07) is 5.01. The minimum atomic E-state index is -0.917. The van der Waals surface area contributed by atoms with Gasteiger partial charge in [0.25, 0.3) is 11.8 Å². The topological polar surface area (TPSA) is 93.2 Å². The second kappa shape index (κ2) is 6.68. The van der Waals surface area contributed by atoms with Crippen molar-refractivity contribution in [3.63, 3.8) is 0 Å². The lowest BCUT2D eigenvalue weighted by molar-refractivity contribution is -0.145. The lowest BCUT2D eigenvalue weighted by Gasteiger charge is -2.27. The molecule has 3 rings (SSSR count). The Morgan fingerprint density at radius 3 is 2.11 bits per heavy atom. The molecule has 0 saturated carbocycles. The van der Waals surface area contributed by atoms with E-state index in [0.29, 0.717) is 11.1 Å². The van der Waals surface area contributed by atoms with Crippen molar-refractivity contribution in [2.24, 2.45) is 0 Å². The third kappa shape index (κ3) is 3.39. The molecule has 0 aromatic heterocycles. The third-order valence-corrected chi connectivity index (χ3v) is 4.57. The van der Waals surface area contributed by atoms with Gasteiger partial charge in [-0.1, -0.05) is 12.1 Å². The summed E-state index contributed by atoms with van der Waals surface area (Å²) in [5.74, 6) is -1.45. The highest BCUT2D eigenvalue weighted by Crippen LogP contribution is 2.31. The molecule has 2 heterocycles. The largest absolute Gasteiger partial charge is 0.467 e. The van der Waals surface area contributed by atoms with Gasteiger partial charge in [-0.2, -0.15) is 0 Å². The van der Waals surface area contributed by atoms with Gasteiger partial charge in [0.2, 0.25) is 0 Å². The third-order valence-electron chi connectivity index (χ3n) is 4.57. The van der Waals surface area contributed by atoms with E-state index in [4.69, 9.17) is 9.47 Å². The van der Waals surface area contributed by atoms with Crippen LogP contribution in [-0.2, 0) is 14.3 Å². The Bertz CT molecular complexity index is 778. The molecule has 2 aliphatic rings. The number of carbonyl (C=O) groups excluding carboxylic acids is 4. The number of nitrogens with zero attached hydrogens (tertiary/aromatic N) is 2. The smallest absolute Gasteiger partial charge is 0.411 e. The van der Waals surface area contributed by atoms with Crippen molar-refractivity contribution >= 4 is 23.9 Å². The van der Waals surface area contributed by atoms with Crippen molar-refractivity contribution in [2.45, 2.75) is 44.9 Å². The van der Waals surface area contributed by atoms with Crippen molar-refractivity contribution in [2.75, 3.05) is 13.7 Å². The fraction of sp³-hybridized carbons (Fsp3) is 0.474. The molecular formula is C19H22N2O6. The SMILES string of the molecule is COC(=O)C1CC(N2C(=O)c3ccccc3C2=O)CN1C(=O)OC(C)(C)C. The summed E-state index contributed by atoms with van der Waals surface area (Å²) in [6.45, 7) is 5.17. The fourth-order valence-corrected chi connectivity index (χ4v) is 3.42. The van der Waals surface area contributed by atoms with Crippen LogP contribution in [0.4, 0.5) is 4.79 Å². The van der Waals surface area contributed by atoms with Gasteiger partial charge in [-0.05, 0) is 32.9 Å². The van der Waals surface area contributed by atoms with Gasteiger partial charge in [-0.25, -0.2) is 9.59 Å². The lowest BCUT2D eigenvalue weighted by atomic mass is 10.1. The van der Waals surface area contributed by atoms with Gasteiger partial charge < -0.3 is 9.47 Å². The van der Waals surface area contributed by atoms with E-state index in [9.17, 15) is 19.2 Å². The van der Waals surface area contributed by atoms with E-state index < -0.39 is 41.6 Å². The van der Waals surface area contributed by atoms with Crippen LogP contribution in [-0.4, -0.2) is 65.0 Å². The second-order valence-electron chi connectivity index (χ2n) is 7.59. The first-order valence-corrected chi connectivity index (χ1v) is 8.68. The van der Waals surface area contributed by atoms with Gasteiger partial charge in [0.05, 0.1) is 24.3 Å². The quantitative estimate of drug-likeness (QED) is 0.579. The van der Waals surface area contributed by atoms with E-state index in [0.717, 1.165) is 4.90 Å². The van der Waals surface area contributed by atoms with Gasteiger partial charge in [0.1, 0.15) is 11.6 Å². The van der Waals surface area contributed by atoms with E-state index in [-0.39, 0.29) is 13.0 Å². The molecule has 8 nitrogen and oxygen atoms in total. The second-order valence-corrected chi connectivity index (χ2v) is 7.59. The van der Waals surface area contributed by atoms with Crippen molar-refractivity contribution in [1.29, 1.82) is 0 Å². The standard InChI is InChI=1S/C19H22N2O6/c1-19(2,3)27-18(25)20-10-11(9-14(20)17(24)26-4)21-15(22)12-7-5-6-8-13(12)16(21)23/h5-8,11,14H,9-10H2,1-4H3. The molecule has 0 N–H and O–H groups in total. The minimum absolute atomic E-state index is 0.0140. The normalized spacial score (nSPS) is 22.1. The van der Waals surface area contributed by atoms with Crippen molar-refractivity contribution < 1.29 is 28.7 Å². The van der Waals surface area contributed by atoms with Crippen LogP contribution in [0.5, 0.6) is 0 Å². The molecular weight excluding hydrogens is 352 g/mol. The van der Waals surface area contributed by atoms with E-state index in [1.807, 2.05) is 0 Å². The molecule has 1 aromatic carbocycles. The van der Waals surface area contributed by atoms with Crippen LogP contribution in [0.15, 0.2) is 24.3 Å². The van der Waals surface area contributed by atoms with Crippen LogP contribution in [0.2, 0.25) is 0 Å². The van der Waals surface area contributed by atoms with Gasteiger partial charge >= 0.3 is 12.1 Å². The van der Waals surface area contributed by atoms with Crippen LogP contribution < -0.4 is 0 Å². The monoisotopic (exact) mass is 374 g/mol. The summed E-state index contributed by atoms with van der Waals surface area (Å²) >= 11 is 0. The number of likely N-dealkylation sites (tertiary alicyclic amines) is 1. The Labute approximate surface area is 157 Å². The van der Waals surface area contributed by atoms with Crippen LogP contribution in [0.1, 0.15) is 47.9 Å². The molecule has 27 heavy (non-hydrogen) atoms. The molecule has 144 valence electrons. The highest BCUT2D eigenvalue weighted by Gasteiger charge is 2.49. The molecule has 0 radical (unpaired) electrons. The summed E-state index contributed by atoms with van der Waals surface area (Å²) in [5.41, 5.74) is -0.0913. The summed E-state index contributed by atoms with van der Waals surface area (Å²) in [4.78, 5) is 52.5. The van der Waals surface area contributed by atoms with E-state index >= 15 is 0 Å². The molecule has 0 spiro atoms. The predicted molar refractivity (Wildman–Crippen MR) is 94.1 cm³/mol. The molecule has 2 unspecified atom stereocenters. The van der Waals surface area contributed by atoms with Gasteiger partial charge in [-0.3, -0.25) is 19.4 Å². The Morgan fingerprint density at radius 1 is 1.07 bits per heavy atom. The maximum Gasteiger partial charge on any atom is 0.411 e. The first-order chi connectivity index (χ1) is 12.6. The van der Waals surface area contributed by atoms with E-state index in [1.165, 1.54) is 12.0 Å². The molecule has 0 aliphatic carbocycles. The van der Waals surface area contributed by atoms with Crippen molar-refractivity contribution in [3.05, 3.63) is 35.4 Å². The first kappa shape index (κ1) is 18.9. The maximum absolute atomic E-state index is 12.7. The number of benzene rings is 1. The van der Waals surface area contributed by atoms with E-state index in [1.54, 1.807) is 45.0 Å². The zero-order chi connectivity index (χ0) is 19.9. The molecule has 2 atom stereocenters. The predicted octanol–water partition coefficient (Wildman–Crippen LogP) is 1.83. The molecule has 0 bridgehead atoms. The highest BCUT2D eigenvalue weighted by molar-refractivity contribution is 6.21.